The summed E-state index contributed by atoms with van der Waals surface area (Å²) >= 11 is 2.92. The molecule has 12 heteroatoms. The van der Waals surface area contributed by atoms with Crippen molar-refractivity contribution < 1.29 is 27.9 Å². The van der Waals surface area contributed by atoms with E-state index in [-0.39, 0.29) is 23.2 Å². The van der Waals surface area contributed by atoms with Crippen LogP contribution in [-0.4, -0.2) is 71.1 Å². The number of benzene rings is 1. The minimum atomic E-state index is -4.52. The van der Waals surface area contributed by atoms with E-state index in [4.69, 9.17) is 0 Å². The highest BCUT2D eigenvalue weighted by Crippen LogP contribution is 2.37. The van der Waals surface area contributed by atoms with Crippen LogP contribution in [0, 0.1) is 0 Å². The van der Waals surface area contributed by atoms with Crippen LogP contribution in [0.25, 0.3) is 0 Å². The molecule has 2 fully saturated rings. The number of likely N-dealkylation sites (tertiary alicyclic amines) is 1. The van der Waals surface area contributed by atoms with Crippen LogP contribution < -0.4 is 10.2 Å². The molecule has 4 rings (SSSR count). The molecule has 0 aliphatic carbocycles. The summed E-state index contributed by atoms with van der Waals surface area (Å²) in [5.74, 6) is -0.00561. The number of thioether (sulfide) groups is 1. The van der Waals surface area contributed by atoms with Gasteiger partial charge in [-0.1, -0.05) is 0 Å². The molecule has 0 saturated carbocycles. The molecule has 2 aliphatic rings. The van der Waals surface area contributed by atoms with Crippen LogP contribution >= 0.6 is 23.1 Å². The molecule has 2 aliphatic heterocycles. The fraction of sp³-hybridized carbons (Fsp3) is 0.560. The van der Waals surface area contributed by atoms with Crippen molar-refractivity contribution in [1.82, 2.24) is 9.88 Å². The maximum atomic E-state index is 13.3. The Morgan fingerprint density at radius 3 is 2.57 bits per heavy atom. The number of thiazole rings is 1. The van der Waals surface area contributed by atoms with Crippen LogP contribution in [0.5, 0.6) is 0 Å². The first-order chi connectivity index (χ1) is 17.7. The topological polar surface area (TPSA) is 85.8 Å². The number of piperidine rings is 1. The maximum Gasteiger partial charge on any atom is 0.416 e. The number of carbonyl (C=O) groups excluding carboxylic acids is 2. The van der Waals surface area contributed by atoms with Gasteiger partial charge >= 0.3 is 6.18 Å². The number of amides is 2. The van der Waals surface area contributed by atoms with Crippen molar-refractivity contribution in [1.29, 1.82) is 0 Å². The lowest BCUT2D eigenvalue weighted by molar-refractivity contribution is -0.141. The molecule has 3 heterocycles. The third-order valence-electron chi connectivity index (χ3n) is 6.81. The summed E-state index contributed by atoms with van der Waals surface area (Å²) in [4.78, 5) is 33.6. The van der Waals surface area contributed by atoms with E-state index in [1.165, 1.54) is 17.4 Å². The lowest BCUT2D eigenvalue weighted by Gasteiger charge is -2.32. The second-order valence-corrected chi connectivity index (χ2v) is 11.2. The Labute approximate surface area is 222 Å². The molecule has 2 saturated heterocycles. The number of anilines is 2. The van der Waals surface area contributed by atoms with Crippen LogP contribution in [0.15, 0.2) is 23.6 Å². The highest BCUT2D eigenvalue weighted by Gasteiger charge is 2.33. The molecule has 1 atom stereocenters. The standard InChI is InChI=1S/C25H31F3N4O3S2/c1-36-13-8-21(33)24(35)32-11-6-16(7-12-32)23-30-19(15-37-23)22(34)29-18-14-17(25(26,27)28)4-5-20(18)31-9-2-3-10-31/h4-5,14-16,21,33H,2-3,6-13H2,1H3,(H,29,34). The predicted molar refractivity (Wildman–Crippen MR) is 141 cm³/mol. The largest absolute Gasteiger partial charge is 0.416 e. The van der Waals surface area contributed by atoms with E-state index in [0.717, 1.165) is 43.1 Å². The second-order valence-electron chi connectivity index (χ2n) is 9.35. The summed E-state index contributed by atoms with van der Waals surface area (Å²) in [7, 11) is 0. The molecule has 2 amide bonds. The molecule has 202 valence electrons. The molecular weight excluding hydrogens is 525 g/mol. The number of alkyl halides is 3. The monoisotopic (exact) mass is 556 g/mol. The Balaban J connectivity index is 1.41. The van der Waals surface area contributed by atoms with Crippen molar-refractivity contribution in [3.63, 3.8) is 0 Å². The number of aliphatic hydroxyl groups excluding tert-OH is 1. The lowest BCUT2D eigenvalue weighted by Crippen LogP contribution is -2.43. The summed E-state index contributed by atoms with van der Waals surface area (Å²) < 4.78 is 40.0. The van der Waals surface area contributed by atoms with Crippen LogP contribution in [0.4, 0.5) is 24.5 Å². The van der Waals surface area contributed by atoms with Crippen LogP contribution in [0.1, 0.15) is 59.1 Å². The van der Waals surface area contributed by atoms with Gasteiger partial charge in [0.25, 0.3) is 11.8 Å². The van der Waals surface area contributed by atoms with Gasteiger partial charge in [-0.25, -0.2) is 4.98 Å². The summed E-state index contributed by atoms with van der Waals surface area (Å²) in [5, 5.41) is 15.2. The highest BCUT2D eigenvalue weighted by atomic mass is 32.2. The van der Waals surface area contributed by atoms with E-state index in [1.54, 1.807) is 22.0 Å². The first-order valence-electron chi connectivity index (χ1n) is 12.4. The van der Waals surface area contributed by atoms with Gasteiger partial charge < -0.3 is 20.2 Å². The molecular formula is C25H31F3N4O3S2. The Bertz CT molecular complexity index is 1100. The van der Waals surface area contributed by atoms with Crippen molar-refractivity contribution in [3.8, 4) is 0 Å². The Morgan fingerprint density at radius 1 is 1.22 bits per heavy atom. The number of aliphatic hydroxyl groups is 1. The summed E-state index contributed by atoms with van der Waals surface area (Å²) in [6.07, 6.45) is 0.0900. The molecule has 0 spiro atoms. The van der Waals surface area contributed by atoms with Crippen molar-refractivity contribution in [2.45, 2.75) is 50.3 Å². The van der Waals surface area contributed by atoms with Crippen molar-refractivity contribution in [3.05, 3.63) is 39.8 Å². The zero-order valence-corrected chi connectivity index (χ0v) is 22.2. The van der Waals surface area contributed by atoms with E-state index in [9.17, 15) is 27.9 Å². The van der Waals surface area contributed by atoms with Gasteiger partial charge in [-0.2, -0.15) is 24.9 Å². The summed E-state index contributed by atoms with van der Waals surface area (Å²) in [6.45, 7) is 2.46. The first kappa shape index (κ1) is 27.7. The van der Waals surface area contributed by atoms with E-state index in [0.29, 0.717) is 43.8 Å². The second kappa shape index (κ2) is 12.0. The zero-order chi connectivity index (χ0) is 26.6. The maximum absolute atomic E-state index is 13.3. The third kappa shape index (κ3) is 6.77. The Hall–Kier alpha value is -2.31. The fourth-order valence-corrected chi connectivity index (χ4v) is 6.15. The van der Waals surface area contributed by atoms with Crippen molar-refractivity contribution >= 4 is 46.3 Å². The predicted octanol–water partition coefficient (Wildman–Crippen LogP) is 4.83. The van der Waals surface area contributed by atoms with Gasteiger partial charge in [0.2, 0.25) is 0 Å². The summed E-state index contributed by atoms with van der Waals surface area (Å²) in [6, 6.07) is 3.45. The lowest BCUT2D eigenvalue weighted by atomic mass is 9.97. The van der Waals surface area contributed by atoms with Crippen molar-refractivity contribution in [2.24, 2.45) is 0 Å². The van der Waals surface area contributed by atoms with Gasteiger partial charge in [0.1, 0.15) is 11.8 Å². The molecule has 1 aromatic heterocycles. The van der Waals surface area contributed by atoms with E-state index in [1.807, 2.05) is 11.2 Å². The number of nitrogens with one attached hydrogen (secondary N) is 1. The molecule has 2 N–H and O–H groups in total. The Morgan fingerprint density at radius 2 is 1.92 bits per heavy atom. The van der Waals surface area contributed by atoms with E-state index in [2.05, 4.69) is 10.3 Å². The van der Waals surface area contributed by atoms with Crippen LogP contribution in [0.3, 0.4) is 0 Å². The minimum Gasteiger partial charge on any atom is -0.383 e. The third-order valence-corrected chi connectivity index (χ3v) is 8.46. The number of nitrogens with zero attached hydrogens (tertiary/aromatic N) is 3. The molecule has 1 aromatic carbocycles. The first-order valence-corrected chi connectivity index (χ1v) is 14.6. The summed E-state index contributed by atoms with van der Waals surface area (Å²) in [5.41, 5.74) is 0.0505. The molecule has 0 radical (unpaired) electrons. The minimum absolute atomic E-state index is 0.0765. The van der Waals surface area contributed by atoms with Gasteiger partial charge in [-0.3, -0.25) is 9.59 Å². The normalized spacial score (nSPS) is 17.8. The molecule has 7 nitrogen and oxygen atoms in total. The van der Waals surface area contributed by atoms with Gasteiger partial charge in [0.05, 0.1) is 21.9 Å². The molecule has 1 unspecified atom stereocenters. The van der Waals surface area contributed by atoms with E-state index >= 15 is 0 Å². The fourth-order valence-electron chi connectivity index (χ4n) is 4.72. The highest BCUT2D eigenvalue weighted by molar-refractivity contribution is 7.98. The zero-order valence-electron chi connectivity index (χ0n) is 20.6. The quantitative estimate of drug-likeness (QED) is 0.484. The van der Waals surface area contributed by atoms with Crippen molar-refractivity contribution in [2.75, 3.05) is 48.4 Å². The number of rotatable bonds is 8. The Kier molecular flexibility index (Phi) is 9.02. The molecule has 0 bridgehead atoms. The smallest absolute Gasteiger partial charge is 0.383 e. The van der Waals surface area contributed by atoms with Gasteiger partial charge in [0, 0.05) is 37.5 Å². The van der Waals surface area contributed by atoms with Crippen LogP contribution in [-0.2, 0) is 11.0 Å². The number of carbonyl (C=O) groups is 2. The van der Waals surface area contributed by atoms with Gasteiger partial charge in [-0.15, -0.1) is 11.3 Å². The van der Waals surface area contributed by atoms with Gasteiger partial charge in [-0.05, 0) is 62.3 Å². The number of hydrogen-bond donors (Lipinski definition) is 2. The average molecular weight is 557 g/mol. The number of halogens is 3. The molecule has 2 aromatic rings. The van der Waals surface area contributed by atoms with Gasteiger partial charge in [0.15, 0.2) is 0 Å². The molecule has 37 heavy (non-hydrogen) atoms. The average Bonchev–Trinajstić information content (AvgIpc) is 3.59. The van der Waals surface area contributed by atoms with Crippen LogP contribution in [0.2, 0.25) is 0 Å². The van der Waals surface area contributed by atoms with E-state index < -0.39 is 23.8 Å². The number of hydrogen-bond acceptors (Lipinski definition) is 7. The SMILES string of the molecule is CSCCC(O)C(=O)N1CCC(c2nc(C(=O)Nc3cc(C(F)(F)F)ccc3N3CCCC3)cs2)CC1. The number of aromatic nitrogens is 1.